The molecule has 0 heterocycles. The molecule has 0 aliphatic rings. The monoisotopic (exact) mass is 606 g/mol. The van der Waals surface area contributed by atoms with Crippen molar-refractivity contribution in [3.8, 4) is 0 Å². The number of benzene rings is 2. The van der Waals surface area contributed by atoms with Gasteiger partial charge in [-0.3, -0.25) is 9.36 Å². The number of carbonyl (C=O) groups excluding carboxylic acids is 2. The predicted octanol–water partition coefficient (Wildman–Crippen LogP) is 4.85. The number of halogens is 2. The maximum Gasteiger partial charge on any atom is 0.334 e. The molecule has 2 atom stereocenters. The van der Waals surface area contributed by atoms with E-state index in [0.717, 1.165) is 34.3 Å². The van der Waals surface area contributed by atoms with E-state index < -0.39 is 31.6 Å². The van der Waals surface area contributed by atoms with Gasteiger partial charge in [0.2, 0.25) is 0 Å². The van der Waals surface area contributed by atoms with Crippen LogP contribution in [0, 0.1) is 5.92 Å². The minimum Gasteiger partial charge on any atom is -0.469 e. The number of carbonyl (C=O) groups is 2. The van der Waals surface area contributed by atoms with Crippen LogP contribution >= 0.6 is 39.5 Å². The first-order valence-corrected chi connectivity index (χ1v) is 13.2. The molecule has 0 radical (unpaired) electrons. The lowest BCUT2D eigenvalue weighted by Gasteiger charge is -2.24. The number of ether oxygens (including phenoxy) is 2. The Morgan fingerprint density at radius 1 is 0.848 bits per heavy atom. The summed E-state index contributed by atoms with van der Waals surface area (Å²) in [6.07, 6.45) is -2.33. The van der Waals surface area contributed by atoms with E-state index in [4.69, 9.17) is 13.8 Å². The van der Waals surface area contributed by atoms with Crippen LogP contribution in [0.3, 0.4) is 0 Å². The summed E-state index contributed by atoms with van der Waals surface area (Å²) < 4.78 is 36.1. The molecule has 11 heteroatoms. The third kappa shape index (κ3) is 9.31. The number of aliphatic hydroxyl groups is 1. The van der Waals surface area contributed by atoms with Gasteiger partial charge in [0.05, 0.1) is 39.5 Å². The number of hydrogen-bond acceptors (Lipinski definition) is 8. The molecule has 0 aliphatic carbocycles. The summed E-state index contributed by atoms with van der Waals surface area (Å²) in [7, 11) is -1.60. The van der Waals surface area contributed by atoms with Gasteiger partial charge in [0.1, 0.15) is 0 Å². The van der Waals surface area contributed by atoms with Crippen molar-refractivity contribution in [3.05, 3.63) is 68.6 Å². The molecule has 180 valence electrons. The molecule has 2 rings (SSSR count). The summed E-state index contributed by atoms with van der Waals surface area (Å²) in [5.41, 5.74) is 1.49. The Hall–Kier alpha value is -1.55. The summed E-state index contributed by atoms with van der Waals surface area (Å²) in [6, 6.07) is 14.4. The maximum absolute atomic E-state index is 13.7. The van der Waals surface area contributed by atoms with Gasteiger partial charge in [0.15, 0.2) is 6.10 Å². The summed E-state index contributed by atoms with van der Waals surface area (Å²) in [5.74, 6) is -2.78. The largest absolute Gasteiger partial charge is 0.469 e. The molecule has 0 fully saturated rings. The van der Waals surface area contributed by atoms with Crippen molar-refractivity contribution in [3.63, 3.8) is 0 Å². The summed E-state index contributed by atoms with van der Waals surface area (Å²) in [6.45, 7) is -0.0588. The van der Waals surface area contributed by atoms with Gasteiger partial charge in [-0.2, -0.15) is 0 Å². The van der Waals surface area contributed by atoms with Crippen LogP contribution in [0.2, 0.25) is 0 Å². The first-order chi connectivity index (χ1) is 15.7. The highest BCUT2D eigenvalue weighted by Crippen LogP contribution is 2.52. The van der Waals surface area contributed by atoms with Crippen LogP contribution in [0.1, 0.15) is 17.5 Å². The lowest BCUT2D eigenvalue weighted by Crippen LogP contribution is -2.31. The average Bonchev–Trinajstić information content (AvgIpc) is 2.82. The normalized spacial score (nSPS) is 13.2. The van der Waals surface area contributed by atoms with E-state index in [-0.39, 0.29) is 25.8 Å². The second-order valence-electron chi connectivity index (χ2n) is 7.09. The van der Waals surface area contributed by atoms with E-state index >= 15 is 0 Å². The molecule has 0 aliphatic heterocycles. The highest BCUT2D eigenvalue weighted by atomic mass is 79.9. The average molecular weight is 608 g/mol. The van der Waals surface area contributed by atoms with Crippen molar-refractivity contribution in [2.75, 3.05) is 20.4 Å². The molecule has 0 saturated carbocycles. The van der Waals surface area contributed by atoms with Gasteiger partial charge in [-0.25, -0.2) is 4.79 Å². The molecule has 8 nitrogen and oxygen atoms in total. The van der Waals surface area contributed by atoms with Crippen molar-refractivity contribution in [1.82, 2.24) is 0 Å². The highest BCUT2D eigenvalue weighted by Gasteiger charge is 2.36. The molecular weight excluding hydrogens is 583 g/mol. The minimum atomic E-state index is -3.88. The number of hydrogen-bond donors (Lipinski definition) is 1. The third-order valence-corrected chi connectivity index (χ3v) is 7.63. The molecule has 2 aromatic rings. The number of esters is 2. The second kappa shape index (κ2) is 13.4. The van der Waals surface area contributed by atoms with Gasteiger partial charge in [-0.15, -0.1) is 0 Å². The molecule has 0 aromatic heterocycles. The number of rotatable bonds is 12. The van der Waals surface area contributed by atoms with Crippen LogP contribution in [0.15, 0.2) is 57.5 Å². The van der Waals surface area contributed by atoms with Crippen molar-refractivity contribution >= 4 is 51.4 Å². The molecule has 0 saturated heterocycles. The van der Waals surface area contributed by atoms with Gasteiger partial charge in [0.25, 0.3) is 0 Å². The van der Waals surface area contributed by atoms with Gasteiger partial charge in [-0.05, 0) is 41.8 Å². The van der Waals surface area contributed by atoms with Crippen LogP contribution in [0.4, 0.5) is 0 Å². The van der Waals surface area contributed by atoms with Crippen molar-refractivity contribution in [2.24, 2.45) is 5.92 Å². The van der Waals surface area contributed by atoms with Crippen LogP contribution in [-0.4, -0.2) is 43.5 Å². The van der Waals surface area contributed by atoms with Gasteiger partial charge >= 0.3 is 19.5 Å². The SMILES string of the molecule is COC(=O)C(O)CC(CP(=O)(OCc1ccc(Br)cc1)OCc1ccc(Br)cc1)C(=O)OC. The van der Waals surface area contributed by atoms with Crippen LogP contribution in [0.25, 0.3) is 0 Å². The zero-order valence-electron chi connectivity index (χ0n) is 18.1. The minimum absolute atomic E-state index is 0.0294. The molecule has 0 amide bonds. The van der Waals surface area contributed by atoms with Crippen LogP contribution in [-0.2, 0) is 45.9 Å². The quantitative estimate of drug-likeness (QED) is 0.269. The topological polar surface area (TPSA) is 108 Å². The summed E-state index contributed by atoms with van der Waals surface area (Å²) in [5, 5.41) is 10.0. The molecule has 0 bridgehead atoms. The highest BCUT2D eigenvalue weighted by molar-refractivity contribution is 9.10. The molecular formula is C22H25Br2O8P. The van der Waals surface area contributed by atoms with Crippen molar-refractivity contribution < 1.29 is 37.8 Å². The summed E-state index contributed by atoms with van der Waals surface area (Å²) >= 11 is 6.70. The van der Waals surface area contributed by atoms with Gasteiger partial charge in [0, 0.05) is 8.95 Å². The Kier molecular flexibility index (Phi) is 11.2. The van der Waals surface area contributed by atoms with Gasteiger partial charge < -0.3 is 23.6 Å². The Labute approximate surface area is 209 Å². The second-order valence-corrected chi connectivity index (χ2v) is 11.0. The van der Waals surface area contributed by atoms with Crippen molar-refractivity contribution in [1.29, 1.82) is 0 Å². The zero-order valence-corrected chi connectivity index (χ0v) is 22.2. The fraction of sp³-hybridized carbons (Fsp3) is 0.364. The van der Waals surface area contributed by atoms with Crippen LogP contribution in [0.5, 0.6) is 0 Å². The third-order valence-electron chi connectivity index (χ3n) is 4.64. The van der Waals surface area contributed by atoms with Crippen LogP contribution < -0.4 is 0 Å². The van der Waals surface area contributed by atoms with E-state index in [9.17, 15) is 19.3 Å². The Morgan fingerprint density at radius 2 is 1.27 bits per heavy atom. The first-order valence-electron chi connectivity index (χ1n) is 9.86. The lowest BCUT2D eigenvalue weighted by molar-refractivity contribution is -0.153. The fourth-order valence-electron chi connectivity index (χ4n) is 2.83. The maximum atomic E-state index is 13.7. The van der Waals surface area contributed by atoms with E-state index in [2.05, 4.69) is 36.6 Å². The molecule has 2 unspecified atom stereocenters. The number of methoxy groups -OCH3 is 2. The van der Waals surface area contributed by atoms with Gasteiger partial charge in [-0.1, -0.05) is 56.1 Å². The van der Waals surface area contributed by atoms with E-state index in [1.807, 2.05) is 24.3 Å². The summed E-state index contributed by atoms with van der Waals surface area (Å²) in [4.78, 5) is 24.0. The fourth-order valence-corrected chi connectivity index (χ4v) is 5.18. The Morgan fingerprint density at radius 3 is 1.67 bits per heavy atom. The Bertz CT molecular complexity index is 912. The lowest BCUT2D eigenvalue weighted by atomic mass is 10.0. The van der Waals surface area contributed by atoms with E-state index in [1.165, 1.54) is 0 Å². The smallest absolute Gasteiger partial charge is 0.334 e. The van der Waals surface area contributed by atoms with E-state index in [0.29, 0.717) is 0 Å². The van der Waals surface area contributed by atoms with E-state index in [1.54, 1.807) is 24.3 Å². The Balaban J connectivity index is 2.21. The number of aliphatic hydroxyl groups excluding tert-OH is 1. The molecule has 2 aromatic carbocycles. The molecule has 1 N–H and O–H groups in total. The molecule has 33 heavy (non-hydrogen) atoms. The predicted molar refractivity (Wildman–Crippen MR) is 128 cm³/mol. The molecule has 0 spiro atoms. The standard InChI is InChI=1S/C22H25Br2O8P/c1-29-21(26)17(11-20(25)22(27)30-2)14-33(28,31-12-15-3-7-18(23)8-4-15)32-13-16-5-9-19(24)10-6-16/h3-10,17,20,25H,11-14H2,1-2H3. The van der Waals surface area contributed by atoms with Crippen molar-refractivity contribution in [2.45, 2.75) is 25.7 Å². The zero-order chi connectivity index (χ0) is 24.4. The first kappa shape index (κ1) is 27.7.